The second-order valence-corrected chi connectivity index (χ2v) is 3.61. The lowest BCUT2D eigenvalue weighted by Gasteiger charge is -2.04. The van der Waals surface area contributed by atoms with Crippen LogP contribution in [0.2, 0.25) is 0 Å². The summed E-state index contributed by atoms with van der Waals surface area (Å²) >= 11 is 0. The Balaban J connectivity index is 2.81. The Bertz CT molecular complexity index is 471. The number of benzene rings is 1. The molecule has 0 aliphatic rings. The first-order valence-electron chi connectivity index (χ1n) is 4.71. The smallest absolute Gasteiger partial charge is 0.106 e. The van der Waals surface area contributed by atoms with Crippen LogP contribution in [0, 0.1) is 6.92 Å². The molecule has 1 aromatic heterocycles. The maximum absolute atomic E-state index is 9.57. The Labute approximate surface area is 83.0 Å². The van der Waals surface area contributed by atoms with Crippen LogP contribution in [0.1, 0.15) is 24.4 Å². The summed E-state index contributed by atoms with van der Waals surface area (Å²) in [5.74, 6) is 0.966. The quantitative estimate of drug-likeness (QED) is 0.746. The van der Waals surface area contributed by atoms with Gasteiger partial charge in [0.1, 0.15) is 5.82 Å². The van der Waals surface area contributed by atoms with E-state index in [-0.39, 0.29) is 0 Å². The molecule has 0 saturated heterocycles. The number of rotatable bonds is 1. The SMILES string of the molecule is Cc1nc2c(C(C)O)cccc2n1C. The highest BCUT2D eigenvalue weighted by molar-refractivity contribution is 5.79. The molecule has 0 aliphatic carbocycles. The molecule has 0 aliphatic heterocycles. The predicted molar refractivity (Wildman–Crippen MR) is 56.1 cm³/mol. The van der Waals surface area contributed by atoms with Gasteiger partial charge in [-0.05, 0) is 19.9 Å². The minimum absolute atomic E-state index is 0.465. The zero-order valence-corrected chi connectivity index (χ0v) is 8.65. The molecular weight excluding hydrogens is 176 g/mol. The van der Waals surface area contributed by atoms with E-state index in [9.17, 15) is 5.11 Å². The Morgan fingerprint density at radius 2 is 2.14 bits per heavy atom. The fourth-order valence-corrected chi connectivity index (χ4v) is 1.69. The standard InChI is InChI=1S/C11H14N2O/c1-7(14)9-5-4-6-10-11(9)12-8(2)13(10)3/h4-7,14H,1-3H3. The lowest BCUT2D eigenvalue weighted by atomic mass is 10.1. The third-order valence-corrected chi connectivity index (χ3v) is 2.62. The van der Waals surface area contributed by atoms with Gasteiger partial charge in [0, 0.05) is 12.6 Å². The third kappa shape index (κ3) is 1.21. The number of imidazole rings is 1. The molecule has 2 rings (SSSR count). The zero-order chi connectivity index (χ0) is 10.3. The van der Waals surface area contributed by atoms with Gasteiger partial charge in [-0.2, -0.15) is 0 Å². The Morgan fingerprint density at radius 3 is 2.79 bits per heavy atom. The molecule has 3 heteroatoms. The monoisotopic (exact) mass is 190 g/mol. The Hall–Kier alpha value is -1.35. The minimum atomic E-state index is -0.465. The summed E-state index contributed by atoms with van der Waals surface area (Å²) < 4.78 is 2.03. The molecular formula is C11H14N2O. The van der Waals surface area contributed by atoms with Crippen molar-refractivity contribution in [2.75, 3.05) is 0 Å². The highest BCUT2D eigenvalue weighted by Gasteiger charge is 2.11. The molecule has 1 aromatic carbocycles. The third-order valence-electron chi connectivity index (χ3n) is 2.62. The van der Waals surface area contributed by atoms with Crippen LogP contribution >= 0.6 is 0 Å². The van der Waals surface area contributed by atoms with Gasteiger partial charge in [0.05, 0.1) is 17.1 Å². The molecule has 1 heterocycles. The average Bonchev–Trinajstić information content (AvgIpc) is 2.43. The van der Waals surface area contributed by atoms with Gasteiger partial charge in [-0.3, -0.25) is 0 Å². The van der Waals surface area contributed by atoms with Gasteiger partial charge in [-0.1, -0.05) is 12.1 Å². The number of aliphatic hydroxyl groups excluding tert-OH is 1. The van der Waals surface area contributed by atoms with Gasteiger partial charge >= 0.3 is 0 Å². The second kappa shape index (κ2) is 3.10. The molecule has 3 nitrogen and oxygen atoms in total. The Kier molecular flexibility index (Phi) is 2.04. The van der Waals surface area contributed by atoms with Crippen LogP contribution in [0.25, 0.3) is 11.0 Å². The van der Waals surface area contributed by atoms with Crippen molar-refractivity contribution in [3.8, 4) is 0 Å². The van der Waals surface area contributed by atoms with Crippen LogP contribution in [0.3, 0.4) is 0 Å². The highest BCUT2D eigenvalue weighted by Crippen LogP contribution is 2.23. The van der Waals surface area contributed by atoms with E-state index in [2.05, 4.69) is 4.98 Å². The van der Waals surface area contributed by atoms with Gasteiger partial charge in [0.2, 0.25) is 0 Å². The number of fused-ring (bicyclic) bond motifs is 1. The number of aliphatic hydroxyl groups is 1. The zero-order valence-electron chi connectivity index (χ0n) is 8.65. The largest absolute Gasteiger partial charge is 0.389 e. The van der Waals surface area contributed by atoms with Crippen LogP contribution in [0.15, 0.2) is 18.2 Å². The number of hydrogen-bond acceptors (Lipinski definition) is 2. The summed E-state index contributed by atoms with van der Waals surface area (Å²) in [6, 6.07) is 5.88. The highest BCUT2D eigenvalue weighted by atomic mass is 16.3. The van der Waals surface area contributed by atoms with Gasteiger partial charge in [0.25, 0.3) is 0 Å². The van der Waals surface area contributed by atoms with E-state index in [0.717, 1.165) is 22.4 Å². The lowest BCUT2D eigenvalue weighted by molar-refractivity contribution is 0.200. The van der Waals surface area contributed by atoms with Crippen molar-refractivity contribution in [3.05, 3.63) is 29.6 Å². The van der Waals surface area contributed by atoms with E-state index < -0.39 is 6.10 Å². The van der Waals surface area contributed by atoms with Crippen LogP contribution < -0.4 is 0 Å². The first-order chi connectivity index (χ1) is 6.61. The number of aryl methyl sites for hydroxylation is 2. The van der Waals surface area contributed by atoms with Crippen LogP contribution in [0.5, 0.6) is 0 Å². The molecule has 2 aromatic rings. The fraction of sp³-hybridized carbons (Fsp3) is 0.364. The fourth-order valence-electron chi connectivity index (χ4n) is 1.69. The van der Waals surface area contributed by atoms with Gasteiger partial charge in [-0.15, -0.1) is 0 Å². The van der Waals surface area contributed by atoms with E-state index in [1.54, 1.807) is 6.92 Å². The second-order valence-electron chi connectivity index (χ2n) is 3.61. The summed E-state index contributed by atoms with van der Waals surface area (Å²) in [7, 11) is 1.98. The molecule has 74 valence electrons. The molecule has 0 saturated carbocycles. The van der Waals surface area contributed by atoms with Crippen LogP contribution in [-0.4, -0.2) is 14.7 Å². The normalized spacial score (nSPS) is 13.4. The average molecular weight is 190 g/mol. The summed E-state index contributed by atoms with van der Waals surface area (Å²) in [4.78, 5) is 4.44. The molecule has 0 radical (unpaired) electrons. The van der Waals surface area contributed by atoms with Gasteiger partial charge < -0.3 is 9.67 Å². The Morgan fingerprint density at radius 1 is 1.43 bits per heavy atom. The molecule has 0 amide bonds. The molecule has 0 bridgehead atoms. The lowest BCUT2D eigenvalue weighted by Crippen LogP contribution is -1.93. The number of para-hydroxylation sites is 1. The van der Waals surface area contributed by atoms with Crippen molar-refractivity contribution in [3.63, 3.8) is 0 Å². The van der Waals surface area contributed by atoms with E-state index in [1.807, 2.05) is 36.7 Å². The molecule has 0 spiro atoms. The summed E-state index contributed by atoms with van der Waals surface area (Å²) in [6.07, 6.45) is -0.465. The van der Waals surface area contributed by atoms with E-state index >= 15 is 0 Å². The van der Waals surface area contributed by atoms with Crippen molar-refractivity contribution in [1.82, 2.24) is 9.55 Å². The van der Waals surface area contributed by atoms with Crippen LogP contribution in [-0.2, 0) is 7.05 Å². The molecule has 14 heavy (non-hydrogen) atoms. The topological polar surface area (TPSA) is 38.1 Å². The summed E-state index contributed by atoms with van der Waals surface area (Å²) in [6.45, 7) is 3.73. The number of nitrogens with zero attached hydrogens (tertiary/aromatic N) is 2. The van der Waals surface area contributed by atoms with E-state index in [0.29, 0.717) is 0 Å². The maximum Gasteiger partial charge on any atom is 0.106 e. The molecule has 1 unspecified atom stereocenters. The molecule has 1 N–H and O–H groups in total. The van der Waals surface area contributed by atoms with Crippen molar-refractivity contribution in [1.29, 1.82) is 0 Å². The van der Waals surface area contributed by atoms with Crippen LogP contribution in [0.4, 0.5) is 0 Å². The van der Waals surface area contributed by atoms with Crippen molar-refractivity contribution in [2.24, 2.45) is 7.05 Å². The predicted octanol–water partition coefficient (Wildman–Crippen LogP) is 1.94. The first-order valence-corrected chi connectivity index (χ1v) is 4.71. The number of hydrogen-bond donors (Lipinski definition) is 1. The van der Waals surface area contributed by atoms with Crippen molar-refractivity contribution < 1.29 is 5.11 Å². The maximum atomic E-state index is 9.57. The van der Waals surface area contributed by atoms with Gasteiger partial charge in [0.15, 0.2) is 0 Å². The van der Waals surface area contributed by atoms with Crippen molar-refractivity contribution >= 4 is 11.0 Å². The first kappa shape index (κ1) is 9.21. The van der Waals surface area contributed by atoms with Gasteiger partial charge in [-0.25, -0.2) is 4.98 Å². The number of aromatic nitrogens is 2. The molecule has 1 atom stereocenters. The van der Waals surface area contributed by atoms with E-state index in [1.165, 1.54) is 0 Å². The summed E-state index contributed by atoms with van der Waals surface area (Å²) in [5, 5.41) is 9.57. The van der Waals surface area contributed by atoms with E-state index in [4.69, 9.17) is 0 Å². The van der Waals surface area contributed by atoms with Crippen molar-refractivity contribution in [2.45, 2.75) is 20.0 Å². The summed E-state index contributed by atoms with van der Waals surface area (Å²) in [5.41, 5.74) is 2.87. The molecule has 0 fully saturated rings. The minimum Gasteiger partial charge on any atom is -0.389 e.